The number of esters is 2. The third kappa shape index (κ3) is 11.3. The topological polar surface area (TPSA) is 109 Å². The molecule has 0 radical (unpaired) electrons. The summed E-state index contributed by atoms with van der Waals surface area (Å²) in [4.78, 5) is 40.3. The van der Waals surface area contributed by atoms with E-state index in [1.807, 2.05) is 31.2 Å². The third-order valence-electron chi connectivity index (χ3n) is 9.10. The molecule has 9 nitrogen and oxygen atoms in total. The summed E-state index contributed by atoms with van der Waals surface area (Å²) < 4.78 is 23.0. The molecule has 0 atom stereocenters. The number of hydrogen-bond donors (Lipinski definition) is 0. The van der Waals surface area contributed by atoms with E-state index in [9.17, 15) is 9.59 Å². The lowest BCUT2D eigenvalue weighted by Crippen LogP contribution is -2.25. The van der Waals surface area contributed by atoms with Crippen LogP contribution in [-0.2, 0) is 9.53 Å². The molecule has 1 saturated carbocycles. The first-order chi connectivity index (χ1) is 24.9. The Morgan fingerprint density at radius 2 is 1.57 bits per heavy atom. The SMILES string of the molecule is C=CCOCCCCCCOc1ccc(C(=O)Oc2ccc(OC(=O)C3CCC(CCC)CC3)cc2C=Nc2nc3ccccc3nc2C)cc1. The van der Waals surface area contributed by atoms with Crippen molar-refractivity contribution >= 4 is 35.0 Å². The van der Waals surface area contributed by atoms with Gasteiger partial charge in [0.15, 0.2) is 5.82 Å². The van der Waals surface area contributed by atoms with Crippen LogP contribution in [0.15, 0.2) is 84.4 Å². The van der Waals surface area contributed by atoms with Crippen molar-refractivity contribution in [2.24, 2.45) is 16.8 Å². The smallest absolute Gasteiger partial charge is 0.343 e. The summed E-state index contributed by atoms with van der Waals surface area (Å²) in [6, 6.07) is 19.4. The lowest BCUT2D eigenvalue weighted by molar-refractivity contribution is -0.140. The molecule has 0 spiro atoms. The van der Waals surface area contributed by atoms with Gasteiger partial charge in [-0.05, 0) is 112 Å². The fourth-order valence-corrected chi connectivity index (χ4v) is 6.27. The maximum atomic E-state index is 13.3. The lowest BCUT2D eigenvalue weighted by Gasteiger charge is -2.26. The minimum atomic E-state index is -0.537. The van der Waals surface area contributed by atoms with E-state index in [-0.39, 0.29) is 17.6 Å². The zero-order valence-corrected chi connectivity index (χ0v) is 29.9. The number of aliphatic imine (C=N–C) groups is 1. The molecular weight excluding hydrogens is 642 g/mol. The number of ether oxygens (including phenoxy) is 4. The highest BCUT2D eigenvalue weighted by Crippen LogP contribution is 2.33. The molecule has 1 fully saturated rings. The highest BCUT2D eigenvalue weighted by molar-refractivity contribution is 5.94. The van der Waals surface area contributed by atoms with Gasteiger partial charge < -0.3 is 18.9 Å². The number of benzene rings is 3. The Balaban J connectivity index is 1.25. The molecule has 1 aliphatic rings. The van der Waals surface area contributed by atoms with Crippen molar-refractivity contribution in [3.05, 3.63) is 96.2 Å². The maximum absolute atomic E-state index is 13.3. The molecule has 0 aliphatic heterocycles. The molecule has 0 saturated heterocycles. The van der Waals surface area contributed by atoms with E-state index in [1.54, 1.807) is 54.8 Å². The van der Waals surface area contributed by atoms with Crippen LogP contribution in [0.2, 0.25) is 0 Å². The van der Waals surface area contributed by atoms with Crippen molar-refractivity contribution in [1.82, 2.24) is 9.97 Å². The van der Waals surface area contributed by atoms with Gasteiger partial charge >= 0.3 is 11.9 Å². The summed E-state index contributed by atoms with van der Waals surface area (Å²) in [5, 5.41) is 0. The molecule has 0 amide bonds. The molecule has 3 aromatic carbocycles. The molecular formula is C42H49N3O6. The van der Waals surface area contributed by atoms with Gasteiger partial charge in [0.2, 0.25) is 0 Å². The van der Waals surface area contributed by atoms with Gasteiger partial charge in [0.1, 0.15) is 17.2 Å². The van der Waals surface area contributed by atoms with Crippen LogP contribution in [0.3, 0.4) is 0 Å². The zero-order chi connectivity index (χ0) is 35.8. The van der Waals surface area contributed by atoms with Gasteiger partial charge in [-0.15, -0.1) is 6.58 Å². The molecule has 0 unspecified atom stereocenters. The van der Waals surface area contributed by atoms with Crippen molar-refractivity contribution < 1.29 is 28.5 Å². The molecule has 51 heavy (non-hydrogen) atoms. The van der Waals surface area contributed by atoms with Gasteiger partial charge in [-0.1, -0.05) is 44.4 Å². The van der Waals surface area contributed by atoms with Crippen molar-refractivity contribution in [2.75, 3.05) is 19.8 Å². The first kappa shape index (κ1) is 37.4. The Morgan fingerprint density at radius 1 is 0.863 bits per heavy atom. The summed E-state index contributed by atoms with van der Waals surface area (Å²) in [7, 11) is 0. The number of hydrogen-bond acceptors (Lipinski definition) is 9. The molecule has 9 heteroatoms. The van der Waals surface area contributed by atoms with E-state index in [4.69, 9.17) is 18.9 Å². The van der Waals surface area contributed by atoms with Crippen LogP contribution in [0.4, 0.5) is 5.82 Å². The van der Waals surface area contributed by atoms with Crippen molar-refractivity contribution in [1.29, 1.82) is 0 Å². The highest BCUT2D eigenvalue weighted by Gasteiger charge is 2.27. The number of para-hydroxylation sites is 2. The van der Waals surface area contributed by atoms with Crippen LogP contribution in [0.1, 0.15) is 92.7 Å². The van der Waals surface area contributed by atoms with Crippen LogP contribution >= 0.6 is 0 Å². The van der Waals surface area contributed by atoms with Crippen molar-refractivity contribution in [3.63, 3.8) is 0 Å². The summed E-state index contributed by atoms with van der Waals surface area (Å²) >= 11 is 0. The predicted octanol–water partition coefficient (Wildman–Crippen LogP) is 9.56. The van der Waals surface area contributed by atoms with E-state index in [0.29, 0.717) is 53.3 Å². The maximum Gasteiger partial charge on any atom is 0.343 e. The van der Waals surface area contributed by atoms with Crippen molar-refractivity contribution in [3.8, 4) is 17.2 Å². The number of aryl methyl sites for hydroxylation is 1. The quantitative estimate of drug-likeness (QED) is 0.0334. The first-order valence-electron chi connectivity index (χ1n) is 18.2. The summed E-state index contributed by atoms with van der Waals surface area (Å²) in [6.07, 6.45) is 13.6. The highest BCUT2D eigenvalue weighted by atomic mass is 16.5. The second-order valence-corrected chi connectivity index (χ2v) is 13.0. The third-order valence-corrected chi connectivity index (χ3v) is 9.10. The van der Waals surface area contributed by atoms with E-state index in [1.165, 1.54) is 12.8 Å². The molecule has 1 aromatic heterocycles. The fourth-order valence-electron chi connectivity index (χ4n) is 6.27. The number of unbranched alkanes of at least 4 members (excludes halogenated alkanes) is 3. The van der Waals surface area contributed by atoms with E-state index in [0.717, 1.165) is 69.0 Å². The zero-order valence-electron chi connectivity index (χ0n) is 29.9. The molecule has 1 heterocycles. The number of fused-ring (bicyclic) bond motifs is 1. The van der Waals surface area contributed by atoms with Crippen LogP contribution in [0.25, 0.3) is 11.0 Å². The minimum absolute atomic E-state index is 0.122. The van der Waals surface area contributed by atoms with Gasteiger partial charge in [-0.3, -0.25) is 4.79 Å². The number of nitrogens with zero attached hydrogens (tertiary/aromatic N) is 3. The number of aromatic nitrogens is 2. The minimum Gasteiger partial charge on any atom is -0.494 e. The second kappa shape index (κ2) is 19.5. The van der Waals surface area contributed by atoms with Crippen molar-refractivity contribution in [2.45, 2.75) is 78.1 Å². The Morgan fingerprint density at radius 3 is 2.29 bits per heavy atom. The average Bonchev–Trinajstić information content (AvgIpc) is 3.14. The van der Waals surface area contributed by atoms with Gasteiger partial charge in [0.25, 0.3) is 0 Å². The summed E-state index contributed by atoms with van der Waals surface area (Å²) in [5.41, 5.74) is 2.98. The predicted molar refractivity (Wildman–Crippen MR) is 200 cm³/mol. The van der Waals surface area contributed by atoms with Crippen LogP contribution in [0.5, 0.6) is 17.2 Å². The fraction of sp³-hybridized carbons (Fsp3) is 0.405. The van der Waals surface area contributed by atoms with Gasteiger partial charge in [-0.25, -0.2) is 19.8 Å². The molecule has 1 aliphatic carbocycles. The second-order valence-electron chi connectivity index (χ2n) is 13.0. The molecule has 5 rings (SSSR count). The van der Waals surface area contributed by atoms with E-state index < -0.39 is 5.97 Å². The molecule has 0 bridgehead atoms. The first-order valence-corrected chi connectivity index (χ1v) is 18.2. The summed E-state index contributed by atoms with van der Waals surface area (Å²) in [5.74, 6) is 1.55. The Labute approximate surface area is 301 Å². The number of carbonyl (C=O) groups excluding carboxylic acids is 2. The Kier molecular flexibility index (Phi) is 14.3. The average molecular weight is 692 g/mol. The Bertz CT molecular complexity index is 1780. The summed E-state index contributed by atoms with van der Waals surface area (Å²) in [6.45, 7) is 9.63. The Hall–Kier alpha value is -4.89. The van der Waals surface area contributed by atoms with E-state index >= 15 is 0 Å². The standard InChI is InChI=1S/C42H49N3O6/c1-4-12-31-15-17-32(18-16-31)41(46)50-36-23-24-39(34(28-36)29-43-40-30(3)44-37-13-8-9-14-38(37)45-40)51-42(47)33-19-21-35(22-20-33)49-27-11-7-6-10-26-48-25-5-2/h5,8-9,13-14,19-24,28-29,31-32H,2,4,6-7,10-12,15-18,25-27H2,1,3H3. The largest absolute Gasteiger partial charge is 0.494 e. The molecule has 0 N–H and O–H groups in total. The monoisotopic (exact) mass is 691 g/mol. The number of carbonyl (C=O) groups is 2. The normalized spacial score (nSPS) is 15.9. The molecule has 268 valence electrons. The van der Waals surface area contributed by atoms with Gasteiger partial charge in [-0.2, -0.15) is 0 Å². The van der Waals surface area contributed by atoms with Crippen LogP contribution in [-0.4, -0.2) is 47.9 Å². The van der Waals surface area contributed by atoms with E-state index in [2.05, 4.69) is 28.5 Å². The van der Waals surface area contributed by atoms with Crippen LogP contribution < -0.4 is 14.2 Å². The number of rotatable bonds is 18. The van der Waals surface area contributed by atoms with Gasteiger partial charge in [0.05, 0.1) is 41.4 Å². The van der Waals surface area contributed by atoms with Gasteiger partial charge in [0, 0.05) is 18.4 Å². The lowest BCUT2D eigenvalue weighted by atomic mass is 9.80. The molecule has 4 aromatic rings. The van der Waals surface area contributed by atoms with Crippen LogP contribution in [0, 0.1) is 18.8 Å².